The van der Waals surface area contributed by atoms with Crippen molar-refractivity contribution in [1.29, 1.82) is 0 Å². The second kappa shape index (κ2) is 4.93. The molecule has 0 aliphatic rings. The number of halogens is 2. The van der Waals surface area contributed by atoms with Gasteiger partial charge in [-0.15, -0.1) is 0 Å². The van der Waals surface area contributed by atoms with E-state index >= 15 is 0 Å². The molecule has 15 heavy (non-hydrogen) atoms. The molecule has 0 amide bonds. The zero-order valence-electron chi connectivity index (χ0n) is 8.86. The lowest BCUT2D eigenvalue weighted by Crippen LogP contribution is -2.10. The summed E-state index contributed by atoms with van der Waals surface area (Å²) in [4.78, 5) is 0. The van der Waals surface area contributed by atoms with Crippen LogP contribution in [0.1, 0.15) is 5.56 Å². The van der Waals surface area contributed by atoms with E-state index in [4.69, 9.17) is 9.47 Å². The standard InChI is InChI=1S/C10H13F2NO2/c1-13-5-6-7(11)4-8(12)10(15-3)9(6)14-2/h4,13H,5H2,1-3H3. The maximum Gasteiger partial charge on any atom is 0.197 e. The minimum absolute atomic E-state index is 0.0795. The summed E-state index contributed by atoms with van der Waals surface area (Å²) in [5.41, 5.74) is 0.248. The van der Waals surface area contributed by atoms with Crippen molar-refractivity contribution in [3.05, 3.63) is 23.3 Å². The predicted octanol–water partition coefficient (Wildman–Crippen LogP) is 1.70. The summed E-state index contributed by atoms with van der Waals surface area (Å²) in [6, 6.07) is 0.786. The fraction of sp³-hybridized carbons (Fsp3) is 0.400. The SMILES string of the molecule is CNCc1c(F)cc(F)c(OC)c1OC. The first kappa shape index (κ1) is 11.7. The van der Waals surface area contributed by atoms with Gasteiger partial charge in [-0.25, -0.2) is 8.78 Å². The molecule has 0 aliphatic carbocycles. The Hall–Kier alpha value is -1.36. The largest absolute Gasteiger partial charge is 0.492 e. The molecular formula is C10H13F2NO2. The van der Waals surface area contributed by atoms with Gasteiger partial charge in [0.1, 0.15) is 5.82 Å². The van der Waals surface area contributed by atoms with Crippen molar-refractivity contribution in [2.45, 2.75) is 6.54 Å². The van der Waals surface area contributed by atoms with Crippen molar-refractivity contribution in [2.75, 3.05) is 21.3 Å². The molecule has 0 heterocycles. The van der Waals surface area contributed by atoms with Gasteiger partial charge in [-0.1, -0.05) is 0 Å². The Morgan fingerprint density at radius 3 is 2.20 bits per heavy atom. The van der Waals surface area contributed by atoms with Crippen molar-refractivity contribution in [2.24, 2.45) is 0 Å². The molecule has 0 atom stereocenters. The Morgan fingerprint density at radius 1 is 1.13 bits per heavy atom. The molecule has 0 aromatic heterocycles. The van der Waals surface area contributed by atoms with Crippen LogP contribution >= 0.6 is 0 Å². The van der Waals surface area contributed by atoms with Crippen molar-refractivity contribution < 1.29 is 18.3 Å². The topological polar surface area (TPSA) is 30.5 Å². The van der Waals surface area contributed by atoms with Crippen molar-refractivity contribution in [3.63, 3.8) is 0 Å². The van der Waals surface area contributed by atoms with Crippen LogP contribution in [0.2, 0.25) is 0 Å². The second-order valence-electron chi connectivity index (χ2n) is 2.92. The van der Waals surface area contributed by atoms with Gasteiger partial charge in [0.2, 0.25) is 0 Å². The predicted molar refractivity (Wildman–Crippen MR) is 52.2 cm³/mol. The van der Waals surface area contributed by atoms with E-state index in [2.05, 4.69) is 5.32 Å². The number of methoxy groups -OCH3 is 2. The van der Waals surface area contributed by atoms with Gasteiger partial charge in [-0.2, -0.15) is 0 Å². The van der Waals surface area contributed by atoms with E-state index in [1.54, 1.807) is 7.05 Å². The van der Waals surface area contributed by atoms with Crippen LogP contribution in [0.4, 0.5) is 8.78 Å². The molecule has 5 heteroatoms. The summed E-state index contributed by atoms with van der Waals surface area (Å²) >= 11 is 0. The highest BCUT2D eigenvalue weighted by atomic mass is 19.1. The Kier molecular flexibility index (Phi) is 3.85. The van der Waals surface area contributed by atoms with E-state index in [1.165, 1.54) is 14.2 Å². The minimum Gasteiger partial charge on any atom is -0.492 e. The first-order valence-electron chi connectivity index (χ1n) is 4.39. The molecule has 0 fully saturated rings. The number of nitrogens with one attached hydrogen (secondary N) is 1. The molecule has 1 N–H and O–H groups in total. The minimum atomic E-state index is -0.772. The molecule has 3 nitrogen and oxygen atoms in total. The fourth-order valence-corrected chi connectivity index (χ4v) is 1.37. The summed E-state index contributed by atoms with van der Waals surface area (Å²) in [5, 5.41) is 2.77. The number of ether oxygens (including phenoxy) is 2. The van der Waals surface area contributed by atoms with Gasteiger partial charge in [0.25, 0.3) is 0 Å². The van der Waals surface area contributed by atoms with E-state index in [9.17, 15) is 8.78 Å². The molecule has 0 saturated carbocycles. The quantitative estimate of drug-likeness (QED) is 0.832. The van der Waals surface area contributed by atoms with Gasteiger partial charge < -0.3 is 14.8 Å². The zero-order chi connectivity index (χ0) is 11.4. The number of rotatable bonds is 4. The van der Waals surface area contributed by atoms with E-state index < -0.39 is 11.6 Å². The molecule has 1 aromatic rings. The second-order valence-corrected chi connectivity index (χ2v) is 2.92. The third kappa shape index (κ3) is 2.18. The Morgan fingerprint density at radius 2 is 1.73 bits per heavy atom. The van der Waals surface area contributed by atoms with Crippen LogP contribution in [0.15, 0.2) is 6.07 Å². The maximum atomic E-state index is 13.4. The van der Waals surface area contributed by atoms with Crippen LogP contribution in [-0.4, -0.2) is 21.3 Å². The summed E-state index contributed by atoms with van der Waals surface area (Å²) in [5.74, 6) is -1.42. The van der Waals surface area contributed by atoms with Gasteiger partial charge >= 0.3 is 0 Å². The summed E-state index contributed by atoms with van der Waals surface area (Å²) in [7, 11) is 4.31. The van der Waals surface area contributed by atoms with Crippen LogP contribution in [0.3, 0.4) is 0 Å². The van der Waals surface area contributed by atoms with E-state index in [0.717, 1.165) is 6.07 Å². The lowest BCUT2D eigenvalue weighted by molar-refractivity contribution is 0.329. The first-order valence-corrected chi connectivity index (χ1v) is 4.39. The van der Waals surface area contributed by atoms with E-state index in [1.807, 2.05) is 0 Å². The highest BCUT2D eigenvalue weighted by molar-refractivity contribution is 5.48. The fourth-order valence-electron chi connectivity index (χ4n) is 1.37. The molecule has 1 aromatic carbocycles. The molecular weight excluding hydrogens is 204 g/mol. The summed E-state index contributed by atoms with van der Waals surface area (Å²) in [6.07, 6.45) is 0. The molecule has 0 bridgehead atoms. The molecule has 0 aliphatic heterocycles. The highest BCUT2D eigenvalue weighted by Gasteiger charge is 2.19. The summed E-state index contributed by atoms with van der Waals surface area (Å²) < 4.78 is 36.4. The Labute approximate surface area is 87.0 Å². The lowest BCUT2D eigenvalue weighted by atomic mass is 10.1. The average Bonchev–Trinajstić information content (AvgIpc) is 2.21. The van der Waals surface area contributed by atoms with Gasteiger partial charge in [0, 0.05) is 18.2 Å². The number of hydrogen-bond donors (Lipinski definition) is 1. The van der Waals surface area contributed by atoms with Crippen LogP contribution < -0.4 is 14.8 Å². The van der Waals surface area contributed by atoms with Gasteiger partial charge in [0.05, 0.1) is 14.2 Å². The molecule has 0 spiro atoms. The summed E-state index contributed by atoms with van der Waals surface area (Å²) in [6.45, 7) is 0.242. The van der Waals surface area contributed by atoms with Crippen LogP contribution in [0, 0.1) is 11.6 Å². The lowest BCUT2D eigenvalue weighted by Gasteiger charge is -2.13. The molecule has 0 saturated heterocycles. The van der Waals surface area contributed by atoms with Gasteiger partial charge in [-0.3, -0.25) is 0 Å². The van der Waals surface area contributed by atoms with Crippen LogP contribution in [0.25, 0.3) is 0 Å². The highest BCUT2D eigenvalue weighted by Crippen LogP contribution is 2.35. The Balaban J connectivity index is 3.35. The van der Waals surface area contributed by atoms with Gasteiger partial charge in [-0.05, 0) is 7.05 Å². The number of benzene rings is 1. The normalized spacial score (nSPS) is 10.2. The zero-order valence-corrected chi connectivity index (χ0v) is 8.86. The van der Waals surface area contributed by atoms with Gasteiger partial charge in [0.15, 0.2) is 17.3 Å². The Bertz CT molecular complexity index is 356. The van der Waals surface area contributed by atoms with Crippen molar-refractivity contribution >= 4 is 0 Å². The molecule has 84 valence electrons. The average molecular weight is 217 g/mol. The molecule has 0 radical (unpaired) electrons. The molecule has 1 rings (SSSR count). The van der Waals surface area contributed by atoms with Crippen molar-refractivity contribution in [1.82, 2.24) is 5.32 Å². The van der Waals surface area contributed by atoms with Crippen LogP contribution in [-0.2, 0) is 6.54 Å². The monoisotopic (exact) mass is 217 g/mol. The smallest absolute Gasteiger partial charge is 0.197 e. The maximum absolute atomic E-state index is 13.4. The number of hydrogen-bond acceptors (Lipinski definition) is 3. The van der Waals surface area contributed by atoms with E-state index in [0.29, 0.717) is 0 Å². The van der Waals surface area contributed by atoms with Crippen molar-refractivity contribution in [3.8, 4) is 11.5 Å². The first-order chi connectivity index (χ1) is 7.15. The van der Waals surface area contributed by atoms with Crippen LogP contribution in [0.5, 0.6) is 11.5 Å². The van der Waals surface area contributed by atoms with E-state index in [-0.39, 0.29) is 23.6 Å². The third-order valence-electron chi connectivity index (χ3n) is 2.00. The third-order valence-corrected chi connectivity index (χ3v) is 2.00. The molecule has 0 unspecified atom stereocenters.